The van der Waals surface area contributed by atoms with Crippen LogP contribution in [-0.2, 0) is 17.8 Å². The highest BCUT2D eigenvalue weighted by Gasteiger charge is 2.28. The molecule has 1 aromatic carbocycles. The number of para-hydroxylation sites is 1. The Hall–Kier alpha value is -2.23. The lowest BCUT2D eigenvalue weighted by molar-refractivity contribution is -0.0890. The molecule has 0 atom stereocenters. The third-order valence-corrected chi connectivity index (χ3v) is 4.04. The number of hydrogen-bond acceptors (Lipinski definition) is 5. The first-order valence-electron chi connectivity index (χ1n) is 7.72. The molecule has 6 heteroatoms. The van der Waals surface area contributed by atoms with Gasteiger partial charge >= 0.3 is 0 Å². The molecular weight excluding hydrogens is 292 g/mol. The molecule has 23 heavy (non-hydrogen) atoms. The van der Waals surface area contributed by atoms with Crippen LogP contribution in [0.1, 0.15) is 19.7 Å². The van der Waals surface area contributed by atoms with Crippen LogP contribution in [0.5, 0.6) is 0 Å². The topological polar surface area (TPSA) is 71.2 Å². The van der Waals surface area contributed by atoms with E-state index in [1.807, 2.05) is 18.2 Å². The summed E-state index contributed by atoms with van der Waals surface area (Å²) in [6, 6.07) is 9.32. The van der Waals surface area contributed by atoms with Crippen LogP contribution in [0.4, 0.5) is 0 Å². The Bertz CT molecular complexity index is 819. The summed E-state index contributed by atoms with van der Waals surface area (Å²) in [7, 11) is 0. The number of aromatic nitrogens is 2. The van der Waals surface area contributed by atoms with Gasteiger partial charge in [0.1, 0.15) is 12.4 Å². The first kappa shape index (κ1) is 15.7. The molecular formula is C17H20N4O2. The Balaban J connectivity index is 2.00. The van der Waals surface area contributed by atoms with Crippen LogP contribution >= 0.6 is 0 Å². The smallest absolute Gasteiger partial charge is 0.262 e. The zero-order valence-electron chi connectivity index (χ0n) is 13.5. The van der Waals surface area contributed by atoms with Gasteiger partial charge in [-0.1, -0.05) is 12.1 Å². The monoisotopic (exact) mass is 312 g/mol. The highest BCUT2D eigenvalue weighted by atomic mass is 16.5. The lowest BCUT2D eigenvalue weighted by Crippen LogP contribution is -2.48. The third-order valence-electron chi connectivity index (χ3n) is 4.04. The van der Waals surface area contributed by atoms with Gasteiger partial charge in [-0.15, -0.1) is 0 Å². The number of nitrogens with zero attached hydrogens (tertiary/aromatic N) is 4. The molecule has 0 spiro atoms. The average molecular weight is 312 g/mol. The van der Waals surface area contributed by atoms with Gasteiger partial charge in [-0.25, -0.2) is 4.98 Å². The maximum Gasteiger partial charge on any atom is 0.262 e. The van der Waals surface area contributed by atoms with Gasteiger partial charge in [0.15, 0.2) is 0 Å². The molecule has 1 saturated heterocycles. The van der Waals surface area contributed by atoms with Crippen LogP contribution in [0.2, 0.25) is 0 Å². The van der Waals surface area contributed by atoms with Gasteiger partial charge in [0.05, 0.1) is 35.7 Å². The standard InChI is InChI=1S/C17H20N4O2/c1-17(2)12-20(9-10-23-17)11-15-19-14-6-4-3-5-13(14)16(22)21(15)8-7-18/h3-6H,8-12H2,1-2H3. The molecule has 3 rings (SSSR count). The van der Waals surface area contributed by atoms with Crippen molar-refractivity contribution in [3.8, 4) is 6.07 Å². The van der Waals surface area contributed by atoms with Gasteiger partial charge in [-0.05, 0) is 26.0 Å². The molecule has 0 amide bonds. The van der Waals surface area contributed by atoms with E-state index in [0.29, 0.717) is 29.9 Å². The summed E-state index contributed by atoms with van der Waals surface area (Å²) in [4.78, 5) is 19.5. The molecule has 0 bridgehead atoms. The maximum atomic E-state index is 12.6. The Morgan fingerprint density at radius 3 is 2.91 bits per heavy atom. The van der Waals surface area contributed by atoms with E-state index in [9.17, 15) is 4.79 Å². The Morgan fingerprint density at radius 2 is 2.17 bits per heavy atom. The van der Waals surface area contributed by atoms with Crippen molar-refractivity contribution < 1.29 is 4.74 Å². The number of hydrogen-bond donors (Lipinski definition) is 0. The summed E-state index contributed by atoms with van der Waals surface area (Å²) in [6.07, 6.45) is 0. The van der Waals surface area contributed by atoms with Crippen molar-refractivity contribution in [2.75, 3.05) is 19.7 Å². The number of nitriles is 1. The van der Waals surface area contributed by atoms with Crippen molar-refractivity contribution >= 4 is 10.9 Å². The van der Waals surface area contributed by atoms with Crippen LogP contribution in [0.15, 0.2) is 29.1 Å². The van der Waals surface area contributed by atoms with E-state index in [2.05, 4.69) is 29.8 Å². The predicted molar refractivity (Wildman–Crippen MR) is 86.9 cm³/mol. The van der Waals surface area contributed by atoms with Crippen molar-refractivity contribution in [2.24, 2.45) is 0 Å². The number of rotatable bonds is 3. The molecule has 120 valence electrons. The number of morpholine rings is 1. The molecule has 0 aliphatic carbocycles. The minimum atomic E-state index is -0.213. The third kappa shape index (κ3) is 3.26. The second kappa shape index (κ2) is 6.11. The Labute approximate surface area is 134 Å². The minimum Gasteiger partial charge on any atom is -0.373 e. The largest absolute Gasteiger partial charge is 0.373 e. The van der Waals surface area contributed by atoms with Gasteiger partial charge in [0.25, 0.3) is 5.56 Å². The molecule has 1 fully saturated rings. The van der Waals surface area contributed by atoms with Crippen molar-refractivity contribution in [1.82, 2.24) is 14.5 Å². The number of benzene rings is 1. The van der Waals surface area contributed by atoms with Gasteiger partial charge in [0, 0.05) is 13.1 Å². The second-order valence-corrected chi connectivity index (χ2v) is 6.41. The molecule has 0 N–H and O–H groups in total. The lowest BCUT2D eigenvalue weighted by atomic mass is 10.1. The molecule has 0 unspecified atom stereocenters. The average Bonchev–Trinajstić information content (AvgIpc) is 2.50. The Kier molecular flexibility index (Phi) is 4.16. The zero-order chi connectivity index (χ0) is 16.4. The molecule has 0 radical (unpaired) electrons. The minimum absolute atomic E-state index is 0.0136. The molecule has 1 aromatic heterocycles. The molecule has 1 aliphatic rings. The van der Waals surface area contributed by atoms with E-state index in [4.69, 9.17) is 10.00 Å². The number of fused-ring (bicyclic) bond motifs is 1. The Morgan fingerprint density at radius 1 is 1.39 bits per heavy atom. The fourth-order valence-corrected chi connectivity index (χ4v) is 3.02. The summed E-state index contributed by atoms with van der Waals surface area (Å²) in [5.41, 5.74) is 0.309. The predicted octanol–water partition coefficient (Wildman–Crippen LogP) is 1.53. The van der Waals surface area contributed by atoms with Crippen molar-refractivity contribution in [1.29, 1.82) is 5.26 Å². The van der Waals surface area contributed by atoms with Crippen molar-refractivity contribution in [2.45, 2.75) is 32.5 Å². The second-order valence-electron chi connectivity index (χ2n) is 6.41. The zero-order valence-corrected chi connectivity index (χ0v) is 13.5. The fourth-order valence-electron chi connectivity index (χ4n) is 3.02. The number of ether oxygens (including phenoxy) is 1. The molecule has 0 saturated carbocycles. The summed E-state index contributed by atoms with van der Waals surface area (Å²) >= 11 is 0. The van der Waals surface area contributed by atoms with Gasteiger partial charge in [-0.3, -0.25) is 14.3 Å². The van der Waals surface area contributed by atoms with Gasteiger partial charge in [0.2, 0.25) is 0 Å². The molecule has 2 heterocycles. The summed E-state index contributed by atoms with van der Waals surface area (Å²) < 4.78 is 7.20. The maximum absolute atomic E-state index is 12.6. The van der Waals surface area contributed by atoms with E-state index in [1.54, 1.807) is 6.07 Å². The summed E-state index contributed by atoms with van der Waals surface area (Å²) in [6.45, 7) is 6.86. The van der Waals surface area contributed by atoms with Crippen LogP contribution in [-0.4, -0.2) is 39.7 Å². The van der Waals surface area contributed by atoms with E-state index in [0.717, 1.165) is 13.1 Å². The molecule has 6 nitrogen and oxygen atoms in total. The van der Waals surface area contributed by atoms with E-state index < -0.39 is 0 Å². The van der Waals surface area contributed by atoms with Crippen LogP contribution < -0.4 is 5.56 Å². The highest BCUT2D eigenvalue weighted by Crippen LogP contribution is 2.18. The van der Waals surface area contributed by atoms with E-state index >= 15 is 0 Å². The summed E-state index contributed by atoms with van der Waals surface area (Å²) in [5.74, 6) is 0.632. The SMILES string of the molecule is CC1(C)CN(Cc2nc3ccccc3c(=O)n2CC#N)CCO1. The molecule has 1 aliphatic heterocycles. The van der Waals surface area contributed by atoms with E-state index in [1.165, 1.54) is 4.57 Å². The van der Waals surface area contributed by atoms with Crippen LogP contribution in [0, 0.1) is 11.3 Å². The summed E-state index contributed by atoms with van der Waals surface area (Å²) in [5, 5.41) is 9.61. The van der Waals surface area contributed by atoms with Gasteiger partial charge in [-0.2, -0.15) is 5.26 Å². The van der Waals surface area contributed by atoms with Gasteiger partial charge < -0.3 is 4.74 Å². The van der Waals surface area contributed by atoms with E-state index in [-0.39, 0.29) is 17.7 Å². The normalized spacial score (nSPS) is 18.0. The highest BCUT2D eigenvalue weighted by molar-refractivity contribution is 5.77. The van der Waals surface area contributed by atoms with Crippen molar-refractivity contribution in [3.05, 3.63) is 40.4 Å². The van der Waals surface area contributed by atoms with Crippen molar-refractivity contribution in [3.63, 3.8) is 0 Å². The first-order valence-corrected chi connectivity index (χ1v) is 7.72. The lowest BCUT2D eigenvalue weighted by Gasteiger charge is -2.38. The van der Waals surface area contributed by atoms with Crippen LogP contribution in [0.25, 0.3) is 10.9 Å². The van der Waals surface area contributed by atoms with Crippen LogP contribution in [0.3, 0.4) is 0 Å². The quantitative estimate of drug-likeness (QED) is 0.859. The molecule has 2 aromatic rings. The fraction of sp³-hybridized carbons (Fsp3) is 0.471. The first-order chi connectivity index (χ1) is 11.0.